The zero-order chi connectivity index (χ0) is 9.97. The van der Waals surface area contributed by atoms with Crippen LogP contribution < -0.4 is 0 Å². The molecule has 0 saturated heterocycles. The molecule has 0 aliphatic carbocycles. The molecule has 2 heterocycles. The zero-order valence-corrected chi connectivity index (χ0v) is 7.75. The van der Waals surface area contributed by atoms with Crippen molar-refractivity contribution in [3.8, 4) is 0 Å². The van der Waals surface area contributed by atoms with Gasteiger partial charge in [-0.3, -0.25) is 0 Å². The highest BCUT2D eigenvalue weighted by molar-refractivity contribution is 5.02. The van der Waals surface area contributed by atoms with Gasteiger partial charge in [-0.05, 0) is 0 Å². The number of aryl methyl sites for hydroxylation is 1. The highest BCUT2D eigenvalue weighted by Crippen LogP contribution is 2.13. The second-order valence-corrected chi connectivity index (χ2v) is 3.07. The first-order valence-electron chi connectivity index (χ1n) is 4.27. The average Bonchev–Trinajstić information content (AvgIpc) is 2.77. The Labute approximate surface area is 80.6 Å². The van der Waals surface area contributed by atoms with Gasteiger partial charge < -0.3 is 9.67 Å². The minimum absolute atomic E-state index is 0.441. The third-order valence-electron chi connectivity index (χ3n) is 2.07. The molecule has 0 saturated carbocycles. The molecule has 0 spiro atoms. The maximum atomic E-state index is 9.73. The van der Waals surface area contributed by atoms with E-state index in [-0.39, 0.29) is 0 Å². The van der Waals surface area contributed by atoms with E-state index in [0.29, 0.717) is 12.1 Å². The number of nitrogens with one attached hydrogen (secondary N) is 1. The summed E-state index contributed by atoms with van der Waals surface area (Å²) < 4.78 is 1.86. The summed E-state index contributed by atoms with van der Waals surface area (Å²) in [4.78, 5) is 4.11. The Morgan fingerprint density at radius 2 is 2.50 bits per heavy atom. The Morgan fingerprint density at radius 1 is 1.64 bits per heavy atom. The van der Waals surface area contributed by atoms with Crippen molar-refractivity contribution in [2.75, 3.05) is 0 Å². The molecule has 0 amide bonds. The van der Waals surface area contributed by atoms with Gasteiger partial charge in [-0.15, -0.1) is 0 Å². The number of nitrogens with zero attached hydrogens (tertiary/aromatic N) is 4. The van der Waals surface area contributed by atoms with Crippen LogP contribution in [0.2, 0.25) is 0 Å². The fraction of sp³-hybridized carbons (Fsp3) is 0.375. The predicted molar refractivity (Wildman–Crippen MR) is 48.3 cm³/mol. The average molecular weight is 193 g/mol. The lowest BCUT2D eigenvalue weighted by atomic mass is 10.2. The van der Waals surface area contributed by atoms with Crippen LogP contribution in [0.25, 0.3) is 0 Å². The Kier molecular flexibility index (Phi) is 2.28. The third-order valence-corrected chi connectivity index (χ3v) is 2.07. The van der Waals surface area contributed by atoms with Gasteiger partial charge in [0, 0.05) is 25.9 Å². The van der Waals surface area contributed by atoms with Gasteiger partial charge in [0.2, 0.25) is 0 Å². The largest absolute Gasteiger partial charge is 0.386 e. The fourth-order valence-corrected chi connectivity index (χ4v) is 1.24. The van der Waals surface area contributed by atoms with E-state index >= 15 is 0 Å². The first-order chi connectivity index (χ1) is 6.77. The molecule has 6 heteroatoms. The number of aromatic amines is 1. The van der Waals surface area contributed by atoms with Crippen molar-refractivity contribution < 1.29 is 5.11 Å². The van der Waals surface area contributed by atoms with Gasteiger partial charge in [-0.1, -0.05) is 0 Å². The second-order valence-electron chi connectivity index (χ2n) is 3.07. The molecule has 2 aromatic heterocycles. The van der Waals surface area contributed by atoms with Crippen molar-refractivity contribution in [3.05, 3.63) is 30.1 Å². The number of hydrogen-bond acceptors (Lipinski definition) is 4. The van der Waals surface area contributed by atoms with E-state index in [9.17, 15) is 5.11 Å². The van der Waals surface area contributed by atoms with Crippen molar-refractivity contribution in [2.45, 2.75) is 12.5 Å². The maximum Gasteiger partial charge on any atom is 0.111 e. The van der Waals surface area contributed by atoms with Crippen LogP contribution in [0.15, 0.2) is 18.6 Å². The van der Waals surface area contributed by atoms with Crippen LogP contribution >= 0.6 is 0 Å². The normalized spacial score (nSPS) is 13.0. The van der Waals surface area contributed by atoms with E-state index in [1.165, 1.54) is 6.20 Å². The molecule has 74 valence electrons. The molecular formula is C8H11N5O. The summed E-state index contributed by atoms with van der Waals surface area (Å²) in [5.74, 6) is 0.820. The van der Waals surface area contributed by atoms with Gasteiger partial charge in [0.05, 0.1) is 6.20 Å². The smallest absolute Gasteiger partial charge is 0.111 e. The van der Waals surface area contributed by atoms with Gasteiger partial charge in [0.15, 0.2) is 0 Å². The first kappa shape index (κ1) is 8.89. The quantitative estimate of drug-likeness (QED) is 0.708. The molecular weight excluding hydrogens is 182 g/mol. The van der Waals surface area contributed by atoms with E-state index in [0.717, 1.165) is 5.82 Å². The first-order valence-corrected chi connectivity index (χ1v) is 4.27. The minimum Gasteiger partial charge on any atom is -0.386 e. The standard InChI is InChI=1S/C8H11N5O/c1-13-3-2-9-8(13)4-7(14)6-5-10-12-11-6/h2-3,5,7,14H,4H2,1H3,(H,10,11,12). The van der Waals surface area contributed by atoms with Gasteiger partial charge in [-0.25, -0.2) is 4.98 Å². The number of aromatic nitrogens is 5. The van der Waals surface area contributed by atoms with Gasteiger partial charge >= 0.3 is 0 Å². The highest BCUT2D eigenvalue weighted by atomic mass is 16.3. The molecule has 0 aliphatic heterocycles. The van der Waals surface area contributed by atoms with E-state index in [2.05, 4.69) is 20.4 Å². The molecule has 1 unspecified atom stereocenters. The van der Waals surface area contributed by atoms with Crippen LogP contribution in [0, 0.1) is 0 Å². The minimum atomic E-state index is -0.658. The molecule has 0 radical (unpaired) electrons. The van der Waals surface area contributed by atoms with Crippen LogP contribution in [0.1, 0.15) is 17.6 Å². The fourth-order valence-electron chi connectivity index (χ4n) is 1.24. The summed E-state index contributed by atoms with van der Waals surface area (Å²) in [5, 5.41) is 19.6. The number of aliphatic hydroxyl groups is 1. The lowest BCUT2D eigenvalue weighted by molar-refractivity contribution is 0.170. The van der Waals surface area contributed by atoms with Crippen LogP contribution in [-0.4, -0.2) is 30.1 Å². The Balaban J connectivity index is 2.09. The van der Waals surface area contributed by atoms with Gasteiger partial charge in [0.1, 0.15) is 17.6 Å². The molecule has 0 aliphatic rings. The van der Waals surface area contributed by atoms with E-state index in [1.807, 2.05) is 17.8 Å². The molecule has 6 nitrogen and oxygen atoms in total. The third kappa shape index (κ3) is 1.64. The molecule has 0 fully saturated rings. The van der Waals surface area contributed by atoms with Crippen molar-refractivity contribution in [1.29, 1.82) is 0 Å². The molecule has 14 heavy (non-hydrogen) atoms. The van der Waals surface area contributed by atoms with Crippen LogP contribution in [0.5, 0.6) is 0 Å². The van der Waals surface area contributed by atoms with Crippen LogP contribution in [0.4, 0.5) is 0 Å². The van der Waals surface area contributed by atoms with Crippen molar-refractivity contribution in [1.82, 2.24) is 25.0 Å². The Hall–Kier alpha value is -1.69. The summed E-state index contributed by atoms with van der Waals surface area (Å²) >= 11 is 0. The van der Waals surface area contributed by atoms with E-state index in [1.54, 1.807) is 6.20 Å². The van der Waals surface area contributed by atoms with Crippen LogP contribution in [-0.2, 0) is 13.5 Å². The number of rotatable bonds is 3. The highest BCUT2D eigenvalue weighted by Gasteiger charge is 2.13. The SMILES string of the molecule is Cn1ccnc1CC(O)c1cn[nH]n1. The maximum absolute atomic E-state index is 9.73. The molecule has 1 atom stereocenters. The van der Waals surface area contributed by atoms with Gasteiger partial charge in [0.25, 0.3) is 0 Å². The topological polar surface area (TPSA) is 79.6 Å². The van der Waals surface area contributed by atoms with Gasteiger partial charge in [-0.2, -0.15) is 15.4 Å². The molecule has 2 N–H and O–H groups in total. The van der Waals surface area contributed by atoms with Crippen molar-refractivity contribution in [3.63, 3.8) is 0 Å². The lowest BCUT2D eigenvalue weighted by Crippen LogP contribution is -2.07. The zero-order valence-electron chi connectivity index (χ0n) is 7.75. The number of imidazole rings is 1. The number of H-pyrrole nitrogens is 1. The summed E-state index contributed by atoms with van der Waals surface area (Å²) in [6, 6.07) is 0. The van der Waals surface area contributed by atoms with Crippen LogP contribution in [0.3, 0.4) is 0 Å². The number of aliphatic hydroxyl groups excluding tert-OH is 1. The summed E-state index contributed by atoms with van der Waals surface area (Å²) in [5.41, 5.74) is 0.535. The second kappa shape index (κ2) is 3.59. The molecule has 0 aromatic carbocycles. The predicted octanol–water partition coefficient (Wildman–Crippen LogP) is -0.186. The summed E-state index contributed by atoms with van der Waals surface area (Å²) in [7, 11) is 1.89. The molecule has 2 rings (SSSR count). The van der Waals surface area contributed by atoms with E-state index in [4.69, 9.17) is 0 Å². The molecule has 2 aromatic rings. The Morgan fingerprint density at radius 3 is 3.07 bits per heavy atom. The van der Waals surface area contributed by atoms with Crippen molar-refractivity contribution >= 4 is 0 Å². The van der Waals surface area contributed by atoms with Crippen molar-refractivity contribution in [2.24, 2.45) is 7.05 Å². The lowest BCUT2D eigenvalue weighted by Gasteiger charge is -2.06. The molecule has 0 bridgehead atoms. The summed E-state index contributed by atoms with van der Waals surface area (Å²) in [6.45, 7) is 0. The Bertz CT molecular complexity index is 394. The summed E-state index contributed by atoms with van der Waals surface area (Å²) in [6.07, 6.45) is 4.83. The number of hydrogen-bond donors (Lipinski definition) is 2. The monoisotopic (exact) mass is 193 g/mol. The van der Waals surface area contributed by atoms with E-state index < -0.39 is 6.10 Å².